The van der Waals surface area contributed by atoms with Crippen molar-refractivity contribution >= 4 is 55.2 Å². The third kappa shape index (κ3) is 7.47. The Hall–Kier alpha value is 1.25. The molecule has 8 heteroatoms. The minimum atomic E-state index is -0.320. The fourth-order valence-electron chi connectivity index (χ4n) is 5.25. The lowest BCUT2D eigenvalue weighted by atomic mass is 9.50. The van der Waals surface area contributed by atoms with Gasteiger partial charge in [-0.05, 0) is 68.7 Å². The Morgan fingerprint density at radius 3 is 1.71 bits per heavy atom. The van der Waals surface area contributed by atoms with Crippen LogP contribution in [0.25, 0.3) is 0 Å². The first-order valence-electron chi connectivity index (χ1n) is 8.48. The molecule has 0 spiro atoms. The van der Waals surface area contributed by atoms with Crippen LogP contribution in [0.2, 0.25) is 0 Å². The smallest absolute Gasteiger partial charge is 0.0177 e. The van der Waals surface area contributed by atoms with Gasteiger partial charge in [-0.15, -0.1) is 30.6 Å². The van der Waals surface area contributed by atoms with E-state index in [1.165, 1.54) is 32.1 Å². The molecule has 24 heavy (non-hydrogen) atoms. The summed E-state index contributed by atoms with van der Waals surface area (Å²) in [7, 11) is -0.320. The summed E-state index contributed by atoms with van der Waals surface area (Å²) in [6.07, 6.45) is 8.55. The maximum atomic E-state index is 6.33. The number of nitrogens with two attached hydrogens (primary N) is 3. The zero-order chi connectivity index (χ0) is 16.5. The second-order valence-corrected chi connectivity index (χ2v) is 12.5. The van der Waals surface area contributed by atoms with Gasteiger partial charge in [-0.25, -0.2) is 0 Å². The third-order valence-electron chi connectivity index (χ3n) is 5.28. The van der Waals surface area contributed by atoms with Crippen LogP contribution in [0, 0.1) is 17.8 Å². The molecule has 3 nitrogen and oxygen atoms in total. The summed E-state index contributed by atoms with van der Waals surface area (Å²) in [4.78, 5) is 0. The van der Waals surface area contributed by atoms with Crippen molar-refractivity contribution in [2.24, 2.45) is 35.0 Å². The molecule has 4 saturated carbocycles. The highest BCUT2D eigenvalue weighted by atomic mass is 35.5. The lowest BCUT2D eigenvalue weighted by Crippen LogP contribution is -2.66. The van der Waals surface area contributed by atoms with Crippen LogP contribution >= 0.6 is 24.8 Å². The highest BCUT2D eigenvalue weighted by molar-refractivity contribution is 8.46. The van der Waals surface area contributed by atoms with Gasteiger partial charge in [-0.3, -0.25) is 22.4 Å². The predicted octanol–water partition coefficient (Wildman–Crippen LogP) is 2.74. The maximum absolute atomic E-state index is 6.33. The van der Waals surface area contributed by atoms with Crippen molar-refractivity contribution in [3.8, 4) is 0 Å². The lowest BCUT2D eigenvalue weighted by Gasteiger charge is -2.59. The Morgan fingerprint density at radius 1 is 1.00 bits per heavy atom. The first kappa shape index (κ1) is 25.2. The van der Waals surface area contributed by atoms with Gasteiger partial charge in [-0.1, -0.05) is 13.8 Å². The van der Waals surface area contributed by atoms with Crippen LogP contribution in [-0.2, 0) is 30.4 Å². The molecule has 0 amide bonds. The first-order valence-corrected chi connectivity index (χ1v) is 11.7. The fraction of sp³-hybridized carbons (Fsp3) is 1.00. The summed E-state index contributed by atoms with van der Waals surface area (Å²) < 4.78 is 0. The van der Waals surface area contributed by atoms with Gasteiger partial charge in [0.05, 0.1) is 0 Å². The highest BCUT2D eigenvalue weighted by Crippen LogP contribution is 2.55. The normalized spacial score (nSPS) is 37.3. The summed E-state index contributed by atoms with van der Waals surface area (Å²) in [6.45, 7) is 4.31. The van der Waals surface area contributed by atoms with E-state index in [4.69, 9.17) is 39.6 Å². The van der Waals surface area contributed by atoms with Crippen LogP contribution in [-0.4, -0.2) is 22.9 Å². The molecule has 6 N–H and O–H groups in total. The average Bonchev–Trinajstić information content (AvgIpc) is 2.20. The number of hydrogen-bond acceptors (Lipinski definition) is 6. The Kier molecular flexibility index (Phi) is 10.5. The Balaban J connectivity index is 0.000000416. The van der Waals surface area contributed by atoms with Crippen molar-refractivity contribution < 1.29 is 0 Å². The van der Waals surface area contributed by atoms with E-state index in [2.05, 4.69) is 13.8 Å². The molecule has 0 aromatic heterocycles. The quantitative estimate of drug-likeness (QED) is 0.592. The summed E-state index contributed by atoms with van der Waals surface area (Å²) in [6, 6.07) is 0.221. The highest BCUT2D eigenvalue weighted by Gasteiger charge is 2.54. The molecule has 0 aromatic carbocycles. The summed E-state index contributed by atoms with van der Waals surface area (Å²) >= 11 is 9.74. The van der Waals surface area contributed by atoms with Gasteiger partial charge in [0.15, 0.2) is 0 Å². The molecule has 4 aliphatic rings. The molecule has 0 aliphatic heterocycles. The lowest BCUT2D eigenvalue weighted by molar-refractivity contribution is -0.0173. The van der Waals surface area contributed by atoms with E-state index in [9.17, 15) is 0 Å². The van der Waals surface area contributed by atoms with Gasteiger partial charge in [-0.2, -0.15) is 0 Å². The molecular weight excluding hydrogens is 401 g/mol. The minimum Gasteiger partial charge on any atom is -0.346 e. The summed E-state index contributed by atoms with van der Waals surface area (Å²) in [5, 5.41) is 0. The van der Waals surface area contributed by atoms with Gasteiger partial charge in [0.25, 0.3) is 0 Å². The van der Waals surface area contributed by atoms with Crippen LogP contribution in [0.15, 0.2) is 0 Å². The molecule has 0 heterocycles. The zero-order valence-corrected chi connectivity index (χ0v) is 18.8. The van der Waals surface area contributed by atoms with Gasteiger partial charge < -0.3 is 25.2 Å². The van der Waals surface area contributed by atoms with Crippen molar-refractivity contribution in [1.29, 1.82) is 0 Å². The average molecular weight is 436 g/mol. The summed E-state index contributed by atoms with van der Waals surface area (Å²) in [5.41, 5.74) is 18.7. The molecule has 0 aromatic rings. The first-order chi connectivity index (χ1) is 10.1. The van der Waals surface area contributed by atoms with E-state index in [-0.39, 0.29) is 49.9 Å². The van der Waals surface area contributed by atoms with Gasteiger partial charge in [0.2, 0.25) is 0 Å². The van der Waals surface area contributed by atoms with Gasteiger partial charge >= 0.3 is 0 Å². The second-order valence-electron chi connectivity index (χ2n) is 8.55. The van der Waals surface area contributed by atoms with Crippen LogP contribution in [0.4, 0.5) is 0 Å². The van der Waals surface area contributed by atoms with E-state index in [0.717, 1.165) is 30.4 Å². The minimum absolute atomic E-state index is 0. The molecule has 4 fully saturated rings. The van der Waals surface area contributed by atoms with Gasteiger partial charge in [0.1, 0.15) is 0 Å². The van der Waals surface area contributed by atoms with E-state index >= 15 is 0 Å². The van der Waals surface area contributed by atoms with Crippen molar-refractivity contribution in [3.63, 3.8) is 0 Å². The largest absolute Gasteiger partial charge is 0.346 e. The predicted molar refractivity (Wildman–Crippen MR) is 117 cm³/mol. The number of rotatable bonds is 4. The SMILES string of the molecule is CC(C)C[C@H](N)C[S-](=S)=S.Cl.Cl.NC12CC3CC(C1)CC(N)(C3)C2. The molecule has 4 bridgehead atoms. The number of hydrogen-bond donors (Lipinski definition) is 3. The fourth-order valence-corrected chi connectivity index (χ4v) is 6.79. The Morgan fingerprint density at radius 2 is 1.42 bits per heavy atom. The van der Waals surface area contributed by atoms with E-state index in [0.29, 0.717) is 5.92 Å². The Bertz CT molecular complexity index is 429. The topological polar surface area (TPSA) is 78.1 Å². The van der Waals surface area contributed by atoms with Crippen LogP contribution in [0.1, 0.15) is 58.8 Å². The molecular formula is C16H34Cl2N3S3-. The van der Waals surface area contributed by atoms with E-state index in [1.807, 2.05) is 0 Å². The summed E-state index contributed by atoms with van der Waals surface area (Å²) in [5.74, 6) is 3.20. The van der Waals surface area contributed by atoms with E-state index < -0.39 is 0 Å². The molecule has 0 saturated heterocycles. The second kappa shape index (κ2) is 9.98. The van der Waals surface area contributed by atoms with Crippen LogP contribution < -0.4 is 17.2 Å². The molecule has 4 aliphatic carbocycles. The van der Waals surface area contributed by atoms with Crippen LogP contribution in [0.3, 0.4) is 0 Å². The maximum Gasteiger partial charge on any atom is 0.0177 e. The van der Waals surface area contributed by atoms with Crippen molar-refractivity contribution in [3.05, 3.63) is 0 Å². The zero-order valence-electron chi connectivity index (χ0n) is 14.7. The third-order valence-corrected chi connectivity index (χ3v) is 6.79. The molecule has 4 rings (SSSR count). The number of halogens is 2. The molecule has 0 radical (unpaired) electrons. The van der Waals surface area contributed by atoms with E-state index in [1.54, 1.807) is 0 Å². The molecule has 0 unspecified atom stereocenters. The van der Waals surface area contributed by atoms with Gasteiger partial charge in [0, 0.05) is 11.1 Å². The van der Waals surface area contributed by atoms with Crippen LogP contribution in [0.5, 0.6) is 0 Å². The van der Waals surface area contributed by atoms with Crippen molar-refractivity contribution in [2.75, 3.05) is 5.75 Å². The van der Waals surface area contributed by atoms with Crippen molar-refractivity contribution in [1.82, 2.24) is 0 Å². The van der Waals surface area contributed by atoms with Crippen molar-refractivity contribution in [2.45, 2.75) is 75.9 Å². The standard InChI is InChI=1S/C10H18N2.C6H14NS3.2ClH/c11-9-2-7-1-8(4-9)5-10(12,3-7)6-9;1-5(2)3-6(7)4-10(8)9;;/h7-8H,1-6,11-12H2;5-6H,3-4,7H2,1-2H3;2*1H/q;-1;;/t;6-;;/m.0../s1. The monoisotopic (exact) mass is 434 g/mol. The molecule has 1 atom stereocenters. The Labute approximate surface area is 171 Å². The molecule has 146 valence electrons.